The molecule has 0 aromatic heterocycles. The van der Waals surface area contributed by atoms with E-state index in [1.54, 1.807) is 11.8 Å². The monoisotopic (exact) mass is 372 g/mol. The van der Waals surface area contributed by atoms with E-state index in [0.717, 1.165) is 24.8 Å². The average Bonchev–Trinajstić information content (AvgIpc) is 3.11. The third kappa shape index (κ3) is 4.47. The quantitative estimate of drug-likeness (QED) is 0.678. The van der Waals surface area contributed by atoms with Crippen molar-refractivity contribution in [1.29, 1.82) is 0 Å². The number of hydrogen-bond donors (Lipinski definition) is 3. The zero-order valence-corrected chi connectivity index (χ0v) is 15.7. The normalized spacial score (nSPS) is 25.6. The van der Waals surface area contributed by atoms with E-state index >= 15 is 0 Å². The maximum Gasteiger partial charge on any atom is 0.243 e. The fraction of sp³-hybridized carbons (Fsp3) is 0.550. The molecule has 2 heterocycles. The maximum atomic E-state index is 12.9. The molecule has 3 amide bonds. The van der Waals surface area contributed by atoms with Crippen molar-refractivity contribution in [2.45, 2.75) is 57.3 Å². The fourth-order valence-corrected chi connectivity index (χ4v) is 3.96. The first-order valence-electron chi connectivity index (χ1n) is 9.64. The van der Waals surface area contributed by atoms with Gasteiger partial charge in [-0.05, 0) is 38.2 Å². The Labute approximate surface area is 159 Å². The van der Waals surface area contributed by atoms with E-state index in [4.69, 9.17) is 5.73 Å². The molecule has 0 unspecified atom stereocenters. The first-order valence-corrected chi connectivity index (χ1v) is 9.64. The molecule has 0 spiro atoms. The van der Waals surface area contributed by atoms with Crippen LogP contribution in [0.5, 0.6) is 0 Å². The average molecular weight is 372 g/mol. The molecule has 1 aromatic rings. The van der Waals surface area contributed by atoms with E-state index < -0.39 is 12.1 Å². The van der Waals surface area contributed by atoms with Crippen LogP contribution in [-0.4, -0.2) is 47.3 Å². The van der Waals surface area contributed by atoms with Gasteiger partial charge in [0.15, 0.2) is 0 Å². The highest BCUT2D eigenvalue weighted by atomic mass is 16.2. The first-order chi connectivity index (χ1) is 13.0. The molecule has 2 fully saturated rings. The van der Waals surface area contributed by atoms with E-state index in [2.05, 4.69) is 10.6 Å². The molecule has 0 saturated carbocycles. The van der Waals surface area contributed by atoms with Crippen LogP contribution in [-0.2, 0) is 20.9 Å². The Morgan fingerprint density at radius 1 is 1.15 bits per heavy atom. The van der Waals surface area contributed by atoms with Gasteiger partial charge in [-0.25, -0.2) is 0 Å². The predicted molar refractivity (Wildman–Crippen MR) is 101 cm³/mol. The van der Waals surface area contributed by atoms with E-state index in [0.29, 0.717) is 13.0 Å². The third-order valence-corrected chi connectivity index (χ3v) is 5.50. The van der Waals surface area contributed by atoms with Gasteiger partial charge >= 0.3 is 0 Å². The Morgan fingerprint density at radius 2 is 1.85 bits per heavy atom. The Kier molecular flexibility index (Phi) is 6.11. The molecule has 0 radical (unpaired) electrons. The summed E-state index contributed by atoms with van der Waals surface area (Å²) < 4.78 is 0. The molecule has 2 aliphatic rings. The van der Waals surface area contributed by atoms with Crippen LogP contribution in [0.15, 0.2) is 30.3 Å². The lowest BCUT2D eigenvalue weighted by Gasteiger charge is -2.37. The number of piperidine rings is 1. The smallest absolute Gasteiger partial charge is 0.243 e. The molecule has 7 nitrogen and oxygen atoms in total. The molecular weight excluding hydrogens is 344 g/mol. The summed E-state index contributed by atoms with van der Waals surface area (Å²) >= 11 is 0. The number of fused-ring (bicyclic) bond motifs is 1. The number of amides is 3. The minimum atomic E-state index is -0.597. The molecule has 0 bridgehead atoms. The van der Waals surface area contributed by atoms with Crippen LogP contribution in [0.1, 0.15) is 38.2 Å². The van der Waals surface area contributed by atoms with Crippen LogP contribution >= 0.6 is 0 Å². The van der Waals surface area contributed by atoms with Crippen LogP contribution in [0.2, 0.25) is 0 Å². The number of rotatable bonds is 6. The lowest BCUT2D eigenvalue weighted by atomic mass is 9.92. The zero-order valence-electron chi connectivity index (χ0n) is 15.7. The molecule has 7 heteroatoms. The lowest BCUT2D eigenvalue weighted by Crippen LogP contribution is -2.55. The molecule has 146 valence electrons. The van der Waals surface area contributed by atoms with Gasteiger partial charge in [0.25, 0.3) is 0 Å². The molecule has 2 saturated heterocycles. The summed E-state index contributed by atoms with van der Waals surface area (Å²) in [6, 6.07) is 8.83. The fourth-order valence-electron chi connectivity index (χ4n) is 3.96. The van der Waals surface area contributed by atoms with Crippen molar-refractivity contribution in [2.75, 3.05) is 6.54 Å². The van der Waals surface area contributed by atoms with E-state index in [1.807, 2.05) is 30.3 Å². The molecule has 0 aliphatic carbocycles. The van der Waals surface area contributed by atoms with Crippen LogP contribution < -0.4 is 16.4 Å². The number of carbonyl (C=O) groups excluding carboxylic acids is 3. The number of hydrogen-bond acceptors (Lipinski definition) is 4. The Bertz CT molecular complexity index is 692. The highest BCUT2D eigenvalue weighted by molar-refractivity contribution is 5.90. The molecule has 2 aliphatic heterocycles. The summed E-state index contributed by atoms with van der Waals surface area (Å²) in [7, 11) is 0. The van der Waals surface area contributed by atoms with E-state index in [9.17, 15) is 14.4 Å². The molecule has 4 atom stereocenters. The second-order valence-corrected chi connectivity index (χ2v) is 7.50. The largest absolute Gasteiger partial charge is 0.354 e. The predicted octanol–water partition coefficient (Wildman–Crippen LogP) is 0.536. The number of benzene rings is 1. The highest BCUT2D eigenvalue weighted by Crippen LogP contribution is 2.34. The Hall–Kier alpha value is -2.41. The zero-order chi connectivity index (χ0) is 19.4. The van der Waals surface area contributed by atoms with Gasteiger partial charge < -0.3 is 21.3 Å². The molecule has 3 rings (SSSR count). The molecule has 1 aromatic carbocycles. The topological polar surface area (TPSA) is 105 Å². The molecular formula is C20H28N4O3. The Balaban J connectivity index is 1.59. The van der Waals surface area contributed by atoms with Crippen LogP contribution in [0.4, 0.5) is 0 Å². The second kappa shape index (κ2) is 8.52. The summed E-state index contributed by atoms with van der Waals surface area (Å²) in [5.41, 5.74) is 6.58. The molecule has 27 heavy (non-hydrogen) atoms. The van der Waals surface area contributed by atoms with Crippen LogP contribution in [0.25, 0.3) is 0 Å². The third-order valence-electron chi connectivity index (χ3n) is 5.50. The van der Waals surface area contributed by atoms with Crippen LogP contribution in [0.3, 0.4) is 0 Å². The number of nitrogens with two attached hydrogens (primary N) is 1. The number of carbonyl (C=O) groups is 3. The van der Waals surface area contributed by atoms with Gasteiger partial charge in [0.1, 0.15) is 6.04 Å². The summed E-state index contributed by atoms with van der Waals surface area (Å²) in [6.07, 6.45) is 3.15. The van der Waals surface area contributed by atoms with Gasteiger partial charge in [0, 0.05) is 19.1 Å². The van der Waals surface area contributed by atoms with Crippen molar-refractivity contribution < 1.29 is 14.4 Å². The van der Waals surface area contributed by atoms with Crippen molar-refractivity contribution in [2.24, 2.45) is 11.7 Å². The lowest BCUT2D eigenvalue weighted by molar-refractivity contribution is -0.147. The van der Waals surface area contributed by atoms with Gasteiger partial charge in [-0.1, -0.05) is 30.3 Å². The van der Waals surface area contributed by atoms with Crippen LogP contribution in [0, 0.1) is 5.92 Å². The second-order valence-electron chi connectivity index (χ2n) is 7.50. The van der Waals surface area contributed by atoms with Gasteiger partial charge in [0.2, 0.25) is 17.7 Å². The van der Waals surface area contributed by atoms with Crippen molar-refractivity contribution in [1.82, 2.24) is 15.5 Å². The number of nitrogens with zero attached hydrogens (tertiary/aromatic N) is 1. The minimum Gasteiger partial charge on any atom is -0.354 e. The first kappa shape index (κ1) is 19.4. The van der Waals surface area contributed by atoms with E-state index in [-0.39, 0.29) is 36.2 Å². The van der Waals surface area contributed by atoms with E-state index in [1.165, 1.54) is 0 Å². The number of nitrogens with one attached hydrogen (secondary N) is 2. The summed E-state index contributed by atoms with van der Waals surface area (Å²) in [5, 5.41) is 5.70. The highest BCUT2D eigenvalue weighted by Gasteiger charge is 2.45. The SMILES string of the molecule is C[C@H](N)C(=O)NC[C@H]1CC[C@@H]2CC[C@@H](C(=O)NCc3ccccc3)N2C1=O. The van der Waals surface area contributed by atoms with Gasteiger partial charge in [-0.3, -0.25) is 14.4 Å². The summed E-state index contributed by atoms with van der Waals surface area (Å²) in [4.78, 5) is 39.1. The van der Waals surface area contributed by atoms with Crippen molar-refractivity contribution >= 4 is 17.7 Å². The minimum absolute atomic E-state index is 0.0337. The van der Waals surface area contributed by atoms with Crippen molar-refractivity contribution in [3.63, 3.8) is 0 Å². The summed E-state index contributed by atoms with van der Waals surface area (Å²) in [5.74, 6) is -0.682. The molecule has 4 N–H and O–H groups in total. The van der Waals surface area contributed by atoms with Gasteiger partial charge in [-0.2, -0.15) is 0 Å². The van der Waals surface area contributed by atoms with Gasteiger partial charge in [0.05, 0.1) is 12.0 Å². The standard InChI is InChI=1S/C20H28N4O3/c1-13(21)18(25)23-12-15-7-8-16-9-10-17(24(16)20(15)27)19(26)22-11-14-5-3-2-4-6-14/h2-6,13,15-17H,7-12,21H2,1H3,(H,22,26)(H,23,25)/t13-,15+,16+,17-/m0/s1. The van der Waals surface area contributed by atoms with Crippen molar-refractivity contribution in [3.05, 3.63) is 35.9 Å². The maximum absolute atomic E-state index is 12.9. The van der Waals surface area contributed by atoms with Gasteiger partial charge in [-0.15, -0.1) is 0 Å². The van der Waals surface area contributed by atoms with Crippen molar-refractivity contribution in [3.8, 4) is 0 Å². The summed E-state index contributed by atoms with van der Waals surface area (Å²) in [6.45, 7) is 2.35. The Morgan fingerprint density at radius 3 is 2.56 bits per heavy atom.